The minimum Gasteiger partial charge on any atom is -0.275 e. The molecule has 4 aliphatic carbocycles. The van der Waals surface area contributed by atoms with Crippen molar-refractivity contribution >= 4 is 11.9 Å². The molecule has 1 heterocycles. The molecule has 0 unspecified atom stereocenters. The Labute approximate surface area is 106 Å². The number of urea groups is 1. The molecule has 0 aromatic heterocycles. The highest BCUT2D eigenvalue weighted by atomic mass is 16.2. The Bertz CT molecular complexity index is 381. The molecule has 5 aliphatic rings. The van der Waals surface area contributed by atoms with Crippen LogP contribution in [0.3, 0.4) is 0 Å². The lowest BCUT2D eigenvalue weighted by Crippen LogP contribution is -2.59. The summed E-state index contributed by atoms with van der Waals surface area (Å²) in [6.07, 6.45) is 6.69. The van der Waals surface area contributed by atoms with Crippen molar-refractivity contribution in [3.63, 3.8) is 0 Å². The zero-order valence-electron chi connectivity index (χ0n) is 10.4. The highest BCUT2D eigenvalue weighted by Gasteiger charge is 2.49. The SMILES string of the molecule is O=C1CN(NC2C3CC4CC(C3)CC2C4)C(=O)N1. The molecule has 18 heavy (non-hydrogen) atoms. The van der Waals surface area contributed by atoms with E-state index in [4.69, 9.17) is 0 Å². The van der Waals surface area contributed by atoms with Gasteiger partial charge in [-0.1, -0.05) is 0 Å². The van der Waals surface area contributed by atoms with Gasteiger partial charge in [-0.3, -0.25) is 10.1 Å². The van der Waals surface area contributed by atoms with Gasteiger partial charge in [-0.05, 0) is 55.8 Å². The van der Waals surface area contributed by atoms with Crippen molar-refractivity contribution in [3.8, 4) is 0 Å². The van der Waals surface area contributed by atoms with Crippen molar-refractivity contribution in [2.75, 3.05) is 6.54 Å². The number of imide groups is 1. The van der Waals surface area contributed by atoms with Gasteiger partial charge < -0.3 is 0 Å². The van der Waals surface area contributed by atoms with Crippen molar-refractivity contribution in [1.29, 1.82) is 0 Å². The molecule has 4 bridgehead atoms. The highest BCUT2D eigenvalue weighted by molar-refractivity contribution is 6.01. The van der Waals surface area contributed by atoms with Gasteiger partial charge in [0.05, 0.1) is 0 Å². The van der Waals surface area contributed by atoms with Crippen LogP contribution in [0.2, 0.25) is 0 Å². The molecule has 98 valence electrons. The van der Waals surface area contributed by atoms with Crippen molar-refractivity contribution in [2.45, 2.75) is 38.1 Å². The molecule has 5 fully saturated rings. The normalized spacial score (nSPS) is 45.8. The third-order valence-electron chi connectivity index (χ3n) is 5.32. The Morgan fingerprint density at radius 3 is 2.11 bits per heavy atom. The predicted octanol–water partition coefficient (Wildman–Crippen LogP) is 0.867. The van der Waals surface area contributed by atoms with E-state index in [-0.39, 0.29) is 18.5 Å². The number of rotatable bonds is 2. The number of nitrogens with zero attached hydrogens (tertiary/aromatic N) is 1. The largest absolute Gasteiger partial charge is 0.338 e. The Balaban J connectivity index is 1.49. The van der Waals surface area contributed by atoms with Gasteiger partial charge in [-0.15, -0.1) is 0 Å². The molecule has 3 amide bonds. The minimum absolute atomic E-state index is 0.168. The van der Waals surface area contributed by atoms with E-state index in [2.05, 4.69) is 10.7 Å². The molecule has 0 aromatic carbocycles. The first-order valence-corrected chi connectivity index (χ1v) is 7.06. The van der Waals surface area contributed by atoms with Crippen molar-refractivity contribution in [1.82, 2.24) is 15.8 Å². The summed E-state index contributed by atoms with van der Waals surface area (Å²) in [5.74, 6) is 3.09. The molecule has 0 atom stereocenters. The average molecular weight is 249 g/mol. The number of nitrogens with one attached hydrogen (secondary N) is 2. The van der Waals surface area contributed by atoms with E-state index in [0.717, 1.165) is 11.8 Å². The molecule has 4 saturated carbocycles. The van der Waals surface area contributed by atoms with Gasteiger partial charge in [0.1, 0.15) is 6.54 Å². The third-order valence-corrected chi connectivity index (χ3v) is 5.32. The van der Waals surface area contributed by atoms with E-state index in [0.29, 0.717) is 17.9 Å². The van der Waals surface area contributed by atoms with Gasteiger partial charge in [-0.25, -0.2) is 15.2 Å². The predicted molar refractivity (Wildman–Crippen MR) is 64.2 cm³/mol. The lowest BCUT2D eigenvalue weighted by atomic mass is 9.54. The van der Waals surface area contributed by atoms with Gasteiger partial charge in [0.2, 0.25) is 5.91 Å². The lowest BCUT2D eigenvalue weighted by molar-refractivity contribution is -0.119. The summed E-state index contributed by atoms with van der Waals surface area (Å²) in [6.45, 7) is 0.168. The topological polar surface area (TPSA) is 61.4 Å². The van der Waals surface area contributed by atoms with Crippen LogP contribution in [0.5, 0.6) is 0 Å². The van der Waals surface area contributed by atoms with Gasteiger partial charge in [0.25, 0.3) is 0 Å². The summed E-state index contributed by atoms with van der Waals surface area (Å²) in [7, 11) is 0. The highest BCUT2D eigenvalue weighted by Crippen LogP contribution is 2.53. The monoisotopic (exact) mass is 249 g/mol. The number of hydrogen-bond acceptors (Lipinski definition) is 3. The summed E-state index contributed by atoms with van der Waals surface area (Å²) >= 11 is 0. The first kappa shape index (κ1) is 10.8. The second kappa shape index (κ2) is 3.70. The second-order valence-corrected chi connectivity index (χ2v) is 6.53. The Kier molecular flexibility index (Phi) is 2.22. The zero-order chi connectivity index (χ0) is 12.3. The van der Waals surface area contributed by atoms with E-state index >= 15 is 0 Å². The van der Waals surface area contributed by atoms with Gasteiger partial charge in [0.15, 0.2) is 0 Å². The Morgan fingerprint density at radius 1 is 1.00 bits per heavy atom. The number of hydrogen-bond donors (Lipinski definition) is 2. The summed E-state index contributed by atoms with van der Waals surface area (Å²) in [4.78, 5) is 22.8. The molecule has 0 spiro atoms. The lowest BCUT2D eigenvalue weighted by Gasteiger charge is -2.55. The van der Waals surface area contributed by atoms with Crippen molar-refractivity contribution in [2.24, 2.45) is 23.7 Å². The average Bonchev–Trinajstić information content (AvgIpc) is 2.61. The van der Waals surface area contributed by atoms with Crippen LogP contribution in [0.25, 0.3) is 0 Å². The fraction of sp³-hybridized carbons (Fsp3) is 0.846. The van der Waals surface area contributed by atoms with Crippen molar-refractivity contribution in [3.05, 3.63) is 0 Å². The molecule has 5 nitrogen and oxygen atoms in total. The maximum atomic E-state index is 11.6. The Morgan fingerprint density at radius 2 is 1.61 bits per heavy atom. The second-order valence-electron chi connectivity index (χ2n) is 6.53. The number of carbonyl (C=O) groups is 2. The van der Waals surface area contributed by atoms with Crippen LogP contribution in [-0.2, 0) is 4.79 Å². The van der Waals surface area contributed by atoms with Crippen LogP contribution in [0.4, 0.5) is 4.79 Å². The van der Waals surface area contributed by atoms with Crippen molar-refractivity contribution < 1.29 is 9.59 Å². The summed E-state index contributed by atoms with van der Waals surface area (Å²) in [5, 5.41) is 3.81. The fourth-order valence-corrected chi connectivity index (χ4v) is 4.86. The zero-order valence-corrected chi connectivity index (χ0v) is 10.4. The maximum Gasteiger partial charge on any atom is 0.338 e. The first-order valence-electron chi connectivity index (χ1n) is 7.06. The molecule has 0 radical (unpaired) electrons. The fourth-order valence-electron chi connectivity index (χ4n) is 4.86. The molecule has 2 N–H and O–H groups in total. The van der Waals surface area contributed by atoms with Gasteiger partial charge >= 0.3 is 6.03 Å². The van der Waals surface area contributed by atoms with Crippen LogP contribution in [0.15, 0.2) is 0 Å². The van der Waals surface area contributed by atoms with Crippen LogP contribution in [-0.4, -0.2) is 29.5 Å². The molecular formula is C13H19N3O2. The number of amides is 3. The quantitative estimate of drug-likeness (QED) is 0.714. The van der Waals surface area contributed by atoms with Crippen LogP contribution in [0.1, 0.15) is 32.1 Å². The molecular weight excluding hydrogens is 230 g/mol. The molecule has 0 aromatic rings. The van der Waals surface area contributed by atoms with Crippen LogP contribution < -0.4 is 10.7 Å². The Hall–Kier alpha value is -1.10. The van der Waals surface area contributed by atoms with Crippen LogP contribution in [0, 0.1) is 23.7 Å². The smallest absolute Gasteiger partial charge is 0.275 e. The van der Waals surface area contributed by atoms with E-state index in [1.54, 1.807) is 0 Å². The molecule has 5 rings (SSSR count). The van der Waals surface area contributed by atoms with E-state index in [1.807, 2.05) is 0 Å². The summed E-state index contributed by atoms with van der Waals surface area (Å²) < 4.78 is 0. The van der Waals surface area contributed by atoms with E-state index < -0.39 is 0 Å². The number of hydrazine groups is 1. The molecule has 1 saturated heterocycles. The van der Waals surface area contributed by atoms with Crippen LogP contribution >= 0.6 is 0 Å². The van der Waals surface area contributed by atoms with Gasteiger partial charge in [-0.2, -0.15) is 0 Å². The van der Waals surface area contributed by atoms with E-state index in [9.17, 15) is 9.59 Å². The molecule has 1 aliphatic heterocycles. The maximum absolute atomic E-state index is 11.6. The third kappa shape index (κ3) is 1.56. The van der Waals surface area contributed by atoms with E-state index in [1.165, 1.54) is 37.1 Å². The summed E-state index contributed by atoms with van der Waals surface area (Å²) in [5.41, 5.74) is 3.34. The van der Waals surface area contributed by atoms with Gasteiger partial charge in [0, 0.05) is 6.04 Å². The first-order chi connectivity index (χ1) is 8.69. The number of carbonyl (C=O) groups excluding carboxylic acids is 2. The minimum atomic E-state index is -0.284. The molecule has 5 heteroatoms. The standard InChI is InChI=1S/C13H19N3O2/c17-11-6-16(13(18)14-11)15-12-9-2-7-1-8(4-9)5-10(12)3-7/h7-10,12,15H,1-6H2,(H,14,17,18). The summed E-state index contributed by atoms with van der Waals surface area (Å²) in [6, 6.07) is 0.128.